The Kier molecular flexibility index (Phi) is 12.8. The third kappa shape index (κ3) is 9.14. The van der Waals surface area contributed by atoms with Gasteiger partial charge in [0.1, 0.15) is 35.1 Å². The minimum atomic E-state index is -1.26. The zero-order valence-electron chi connectivity index (χ0n) is 32.8. The van der Waals surface area contributed by atoms with Gasteiger partial charge in [0.2, 0.25) is 12.0 Å². The van der Waals surface area contributed by atoms with Gasteiger partial charge < -0.3 is 29.8 Å². The molecule has 7 rings (SSSR count). The molecule has 0 fully saturated rings. The van der Waals surface area contributed by atoms with Gasteiger partial charge in [0.05, 0.1) is 41.1 Å². The van der Waals surface area contributed by atoms with Crippen LogP contribution in [0.5, 0.6) is 17.4 Å². The molecular formula is C45H39ClFN5O7S. The van der Waals surface area contributed by atoms with Gasteiger partial charge in [0.25, 0.3) is 0 Å². The Morgan fingerprint density at radius 1 is 0.967 bits per heavy atom. The first-order valence-corrected chi connectivity index (χ1v) is 20.1. The first-order chi connectivity index (χ1) is 29.0. The van der Waals surface area contributed by atoms with E-state index >= 15 is 0 Å². The minimum absolute atomic E-state index is 0.0392. The van der Waals surface area contributed by atoms with Gasteiger partial charge in [-0.3, -0.25) is 4.79 Å². The maximum Gasteiger partial charge on any atom is 0.347 e. The number of esters is 1. The number of hydrogen-bond acceptors (Lipinski definition) is 12. The number of carbonyl (C=O) groups is 2. The molecule has 12 nitrogen and oxygen atoms in total. The van der Waals surface area contributed by atoms with Gasteiger partial charge in [-0.1, -0.05) is 54.1 Å². The number of methoxy groups -OCH3 is 1. The van der Waals surface area contributed by atoms with E-state index in [1.165, 1.54) is 29.8 Å². The van der Waals surface area contributed by atoms with Crippen molar-refractivity contribution >= 4 is 50.8 Å². The van der Waals surface area contributed by atoms with Crippen LogP contribution in [0.1, 0.15) is 35.7 Å². The Balaban J connectivity index is 1.28. The van der Waals surface area contributed by atoms with Crippen molar-refractivity contribution in [1.29, 1.82) is 0 Å². The number of halogens is 2. The van der Waals surface area contributed by atoms with E-state index in [1.54, 1.807) is 62.7 Å². The number of nitrogens with two attached hydrogens (primary N) is 1. The second-order valence-corrected chi connectivity index (χ2v) is 14.9. The Labute approximate surface area is 353 Å². The van der Waals surface area contributed by atoms with Gasteiger partial charge in [-0.25, -0.2) is 29.1 Å². The van der Waals surface area contributed by atoms with Crippen LogP contribution < -0.4 is 19.9 Å². The molecule has 0 aliphatic heterocycles. The van der Waals surface area contributed by atoms with E-state index in [4.69, 9.17) is 41.3 Å². The van der Waals surface area contributed by atoms with Crippen molar-refractivity contribution in [3.05, 3.63) is 131 Å². The average Bonchev–Trinajstić information content (AvgIpc) is 3.65. The summed E-state index contributed by atoms with van der Waals surface area (Å²) in [5.74, 6) is -0.411. The Morgan fingerprint density at radius 3 is 2.53 bits per heavy atom. The number of carbonyl (C=O) groups excluding carboxylic acids is 1. The van der Waals surface area contributed by atoms with Crippen LogP contribution in [0.4, 0.5) is 10.1 Å². The van der Waals surface area contributed by atoms with Crippen LogP contribution >= 0.6 is 22.9 Å². The number of aromatic nitrogens is 4. The molecule has 0 radical (unpaired) electrons. The number of rotatable bonds is 16. The minimum Gasteiger partial charge on any atom is -0.496 e. The highest BCUT2D eigenvalue weighted by Gasteiger charge is 2.29. The van der Waals surface area contributed by atoms with E-state index in [0.29, 0.717) is 82.9 Å². The summed E-state index contributed by atoms with van der Waals surface area (Å²) in [4.78, 5) is 44.9. The summed E-state index contributed by atoms with van der Waals surface area (Å²) in [6.45, 7) is 3.65. The third-order valence-corrected chi connectivity index (χ3v) is 11.3. The zero-order valence-corrected chi connectivity index (χ0v) is 34.3. The van der Waals surface area contributed by atoms with E-state index in [9.17, 15) is 19.1 Å². The fourth-order valence-electron chi connectivity index (χ4n) is 6.70. The number of carboxylic acids is 1. The number of aryl methyl sites for hydroxylation is 1. The molecule has 0 saturated carbocycles. The molecule has 3 aromatic heterocycles. The van der Waals surface area contributed by atoms with Crippen molar-refractivity contribution in [3.8, 4) is 50.3 Å². The number of nitrogens with zero attached hydrogens (tertiary/aromatic N) is 4. The van der Waals surface area contributed by atoms with Gasteiger partial charge in [-0.15, -0.1) is 11.3 Å². The summed E-state index contributed by atoms with van der Waals surface area (Å²) < 4.78 is 38.1. The number of fused-ring (bicyclic) bond motifs is 1. The van der Waals surface area contributed by atoms with E-state index in [2.05, 4.69) is 15.0 Å². The first kappa shape index (κ1) is 41.5. The number of aliphatic carboxylic acids is 1. The van der Waals surface area contributed by atoms with E-state index in [-0.39, 0.29) is 44.2 Å². The quantitative estimate of drug-likeness (QED) is 0.0699. The van der Waals surface area contributed by atoms with Crippen LogP contribution in [0.2, 0.25) is 5.02 Å². The molecule has 7 aromatic rings. The molecule has 3 N–H and O–H groups in total. The highest BCUT2D eigenvalue weighted by atomic mass is 35.5. The monoisotopic (exact) mass is 847 g/mol. The fraction of sp³-hybridized carbons (Fsp3) is 0.200. The van der Waals surface area contributed by atoms with E-state index in [1.807, 2.05) is 37.3 Å². The van der Waals surface area contributed by atoms with Crippen LogP contribution in [0.25, 0.3) is 43.2 Å². The largest absolute Gasteiger partial charge is 0.496 e. The molecule has 0 bridgehead atoms. The molecule has 306 valence electrons. The molecule has 0 unspecified atom stereocenters. The summed E-state index contributed by atoms with van der Waals surface area (Å²) in [5.41, 5.74) is 11.9. The summed E-state index contributed by atoms with van der Waals surface area (Å²) >= 11 is 8.04. The molecule has 0 aliphatic rings. The van der Waals surface area contributed by atoms with Gasteiger partial charge in [-0.2, -0.15) is 0 Å². The summed E-state index contributed by atoms with van der Waals surface area (Å²) in [6, 6.07) is 24.1. The molecule has 3 heterocycles. The van der Waals surface area contributed by atoms with Crippen LogP contribution in [0.3, 0.4) is 0 Å². The number of thiophene rings is 1. The fourth-order valence-corrected chi connectivity index (χ4v) is 8.02. The van der Waals surface area contributed by atoms with Crippen LogP contribution in [0.15, 0.2) is 97.5 Å². The predicted octanol–water partition coefficient (Wildman–Crippen LogP) is 9.32. The lowest BCUT2D eigenvalue weighted by Crippen LogP contribution is -2.32. The lowest BCUT2D eigenvalue weighted by Gasteiger charge is -2.20. The number of anilines is 1. The number of nitrogen functional groups attached to an aromatic ring is 1. The molecule has 4 aromatic carbocycles. The van der Waals surface area contributed by atoms with Crippen molar-refractivity contribution in [1.82, 2.24) is 19.9 Å². The third-order valence-electron chi connectivity index (χ3n) is 9.64. The zero-order chi connectivity index (χ0) is 42.3. The van der Waals surface area contributed by atoms with Crippen molar-refractivity contribution in [3.63, 3.8) is 0 Å². The van der Waals surface area contributed by atoms with Crippen LogP contribution in [-0.2, 0) is 33.8 Å². The molecule has 0 amide bonds. The number of benzene rings is 4. The predicted molar refractivity (Wildman–Crippen MR) is 228 cm³/mol. The smallest absolute Gasteiger partial charge is 0.347 e. The second-order valence-electron chi connectivity index (χ2n) is 13.6. The van der Waals surface area contributed by atoms with Gasteiger partial charge in [-0.05, 0) is 90.6 Å². The molecule has 0 aliphatic carbocycles. The Morgan fingerprint density at radius 2 is 1.77 bits per heavy atom. The summed E-state index contributed by atoms with van der Waals surface area (Å²) in [7, 11) is 1.58. The highest BCUT2D eigenvalue weighted by Crippen LogP contribution is 2.49. The summed E-state index contributed by atoms with van der Waals surface area (Å²) in [6.07, 6.45) is 1.82. The second kappa shape index (κ2) is 18.5. The lowest BCUT2D eigenvalue weighted by molar-refractivity contribution is -0.151. The van der Waals surface area contributed by atoms with Crippen LogP contribution in [-0.4, -0.2) is 56.8 Å². The molecule has 15 heteroatoms. The van der Waals surface area contributed by atoms with Gasteiger partial charge >= 0.3 is 11.9 Å². The standard InChI is InChI=1S/C45H39ClFN5O7S/c1-4-57-45(55)36(59-43-39-38(31-15-16-33(48)40(46)25(31)2)41(60-44(39)51-24-50-43)27-11-13-29(47)14-12-27)22-28-21-26(10-18-37(53)54)9-17-34(28)58-23-30-19-20-49-42(52-30)32-7-5-6-8-35(32)56-3/h5-9,11-17,19-21,24,36H,4,10,18,22-23,48H2,1-3H3,(H,53,54)/t36-/m1/s1. The number of carboxylic acid groups (broad SMARTS) is 1. The average molecular weight is 848 g/mol. The Bertz CT molecular complexity index is 2690. The van der Waals surface area contributed by atoms with E-state index in [0.717, 1.165) is 4.88 Å². The Hall–Kier alpha value is -6.64. The van der Waals surface area contributed by atoms with Crippen LogP contribution in [0, 0.1) is 12.7 Å². The number of para-hydroxylation sites is 1. The number of hydrogen-bond donors (Lipinski definition) is 2. The first-order valence-electron chi connectivity index (χ1n) is 18.9. The SMILES string of the molecule is CCOC(=O)[C@@H](Cc1cc(CCC(=O)O)ccc1OCc1ccnc(-c2ccccc2OC)n1)Oc1ncnc2sc(-c3ccc(F)cc3)c(-c3ccc(N)c(Cl)c3C)c12. The van der Waals surface area contributed by atoms with Crippen molar-refractivity contribution < 1.29 is 38.0 Å². The molecular weight excluding hydrogens is 809 g/mol. The van der Waals surface area contributed by atoms with Gasteiger partial charge in [0, 0.05) is 29.5 Å². The topological polar surface area (TPSA) is 169 Å². The molecule has 1 atom stereocenters. The van der Waals surface area contributed by atoms with Gasteiger partial charge in [0.15, 0.2) is 5.82 Å². The van der Waals surface area contributed by atoms with Crippen molar-refractivity contribution in [2.24, 2.45) is 0 Å². The molecule has 0 spiro atoms. The number of ether oxygens (including phenoxy) is 4. The lowest BCUT2D eigenvalue weighted by atomic mass is 9.95. The molecule has 0 saturated heterocycles. The summed E-state index contributed by atoms with van der Waals surface area (Å²) in [5, 5.41) is 10.3. The van der Waals surface area contributed by atoms with Crippen molar-refractivity contribution in [2.45, 2.75) is 45.8 Å². The van der Waals surface area contributed by atoms with E-state index < -0.39 is 18.0 Å². The normalized spacial score (nSPS) is 11.6. The maximum atomic E-state index is 14.1. The maximum absolute atomic E-state index is 14.1. The highest BCUT2D eigenvalue weighted by molar-refractivity contribution is 7.22. The molecule has 60 heavy (non-hydrogen) atoms. The van der Waals surface area contributed by atoms with Crippen molar-refractivity contribution in [2.75, 3.05) is 19.5 Å².